The largest absolute Gasteiger partial charge is 0.416 e. The number of nitrogens with one attached hydrogen (secondary N) is 1. The third kappa shape index (κ3) is 5.65. The zero-order chi connectivity index (χ0) is 25.4. The van der Waals surface area contributed by atoms with Crippen LogP contribution in [0.1, 0.15) is 83.7 Å². The van der Waals surface area contributed by atoms with Crippen LogP contribution in [-0.2, 0) is 11.0 Å². The normalized spacial score (nSPS) is 21.1. The van der Waals surface area contributed by atoms with Crippen molar-refractivity contribution in [2.45, 2.75) is 62.7 Å². The van der Waals surface area contributed by atoms with Crippen molar-refractivity contribution in [3.05, 3.63) is 52.8 Å². The minimum absolute atomic E-state index is 0. The van der Waals surface area contributed by atoms with Gasteiger partial charge in [0.25, 0.3) is 5.91 Å². The first-order valence-electron chi connectivity index (χ1n) is 12.8. The third-order valence-corrected chi connectivity index (χ3v) is 7.72. The summed E-state index contributed by atoms with van der Waals surface area (Å²) in [6.07, 6.45) is 1.97. The van der Waals surface area contributed by atoms with E-state index in [0.29, 0.717) is 31.5 Å². The number of likely N-dealkylation sites (tertiary alicyclic amines) is 2. The summed E-state index contributed by atoms with van der Waals surface area (Å²) in [7, 11) is 1.63. The van der Waals surface area contributed by atoms with Gasteiger partial charge < -0.3 is 10.2 Å². The van der Waals surface area contributed by atoms with E-state index in [0.717, 1.165) is 50.5 Å². The number of carbonyl (C=O) groups is 2. The van der Waals surface area contributed by atoms with E-state index in [1.54, 1.807) is 24.2 Å². The summed E-state index contributed by atoms with van der Waals surface area (Å²) >= 11 is 0. The maximum Gasteiger partial charge on any atom is 0.416 e. The van der Waals surface area contributed by atoms with Crippen molar-refractivity contribution < 1.29 is 22.8 Å². The van der Waals surface area contributed by atoms with Crippen LogP contribution < -0.4 is 5.32 Å². The van der Waals surface area contributed by atoms with Crippen LogP contribution in [0.4, 0.5) is 13.2 Å². The molecule has 1 atom stereocenters. The Hall–Kier alpha value is -2.59. The average molecular weight is 540 g/mol. The summed E-state index contributed by atoms with van der Waals surface area (Å²) < 4.78 is 43.1. The molecule has 1 saturated carbocycles. The molecule has 3 aliphatic rings. The molecule has 2 aromatic rings. The molecule has 2 saturated heterocycles. The fraction of sp³-hybridized carbons (Fsp3) is 0.577. The maximum atomic E-state index is 13.8. The molecule has 5 rings (SSSR count). The van der Waals surface area contributed by atoms with Crippen LogP contribution in [0.25, 0.3) is 0 Å². The second-order valence-corrected chi connectivity index (χ2v) is 10.1. The molecular weight excluding hydrogens is 507 g/mol. The fourth-order valence-corrected chi connectivity index (χ4v) is 5.73. The van der Waals surface area contributed by atoms with E-state index in [-0.39, 0.29) is 41.7 Å². The SMILES string of the molecule is CNC(=O)CN1CCC(n2ncc(C(=O)N3CCCC3c3ccccc3C(F)(F)F)c2C2CC2)CC1.Cl. The van der Waals surface area contributed by atoms with E-state index in [1.165, 1.54) is 12.1 Å². The van der Waals surface area contributed by atoms with Crippen molar-refractivity contribution >= 4 is 24.2 Å². The van der Waals surface area contributed by atoms with E-state index < -0.39 is 17.8 Å². The minimum Gasteiger partial charge on any atom is -0.358 e. The molecule has 1 N–H and O–H groups in total. The van der Waals surface area contributed by atoms with E-state index in [4.69, 9.17) is 0 Å². The number of piperidine rings is 1. The summed E-state index contributed by atoms with van der Waals surface area (Å²) in [6, 6.07) is 5.14. The van der Waals surface area contributed by atoms with E-state index in [1.807, 2.05) is 4.68 Å². The first-order chi connectivity index (χ1) is 17.3. The lowest BCUT2D eigenvalue weighted by molar-refractivity contribution is -0.138. The standard InChI is InChI=1S/C26H32F3N5O2.ClH/c1-30-23(35)16-32-13-10-18(11-14-32)34-24(17-8-9-17)20(15-31-34)25(36)33-12-4-7-22(33)19-5-2-3-6-21(19)26(27,28)29;/h2-3,5-6,15,17-18,22H,4,7-14,16H2,1H3,(H,30,35);1H. The van der Waals surface area contributed by atoms with Gasteiger partial charge in [0.2, 0.25) is 5.91 Å². The Balaban J connectivity index is 0.00000320. The Kier molecular flexibility index (Phi) is 8.18. The van der Waals surface area contributed by atoms with Crippen LogP contribution in [0.15, 0.2) is 30.5 Å². The highest BCUT2D eigenvalue weighted by molar-refractivity contribution is 5.96. The molecule has 0 spiro atoms. The van der Waals surface area contributed by atoms with Crippen LogP contribution in [0.3, 0.4) is 0 Å². The number of benzene rings is 1. The minimum atomic E-state index is -4.47. The molecular formula is C26H33ClF3N5O2. The number of carbonyl (C=O) groups excluding carboxylic acids is 2. The molecule has 7 nitrogen and oxygen atoms in total. The quantitative estimate of drug-likeness (QED) is 0.584. The number of nitrogens with zero attached hydrogens (tertiary/aromatic N) is 4. The Labute approximate surface area is 220 Å². The summed E-state index contributed by atoms with van der Waals surface area (Å²) in [5.74, 6) is 0.0323. The van der Waals surface area contributed by atoms with Gasteiger partial charge >= 0.3 is 6.18 Å². The van der Waals surface area contributed by atoms with Gasteiger partial charge in [0, 0.05) is 32.6 Å². The molecule has 1 unspecified atom stereocenters. The number of halogens is 4. The molecule has 0 radical (unpaired) electrons. The second-order valence-electron chi connectivity index (χ2n) is 10.1. The van der Waals surface area contributed by atoms with E-state index in [2.05, 4.69) is 15.3 Å². The van der Waals surface area contributed by atoms with Gasteiger partial charge in [0.15, 0.2) is 0 Å². The van der Waals surface area contributed by atoms with Gasteiger partial charge in [-0.2, -0.15) is 18.3 Å². The zero-order valence-electron chi connectivity index (χ0n) is 20.8. The van der Waals surface area contributed by atoms with Crippen molar-refractivity contribution in [1.29, 1.82) is 0 Å². The van der Waals surface area contributed by atoms with Gasteiger partial charge in [0.1, 0.15) is 0 Å². The maximum absolute atomic E-state index is 13.8. The number of aromatic nitrogens is 2. The lowest BCUT2D eigenvalue weighted by atomic mass is 9.97. The van der Waals surface area contributed by atoms with Crippen molar-refractivity contribution in [2.24, 2.45) is 0 Å². The topological polar surface area (TPSA) is 70.5 Å². The Bertz CT molecular complexity index is 1130. The van der Waals surface area contributed by atoms with Crippen LogP contribution in [0.2, 0.25) is 0 Å². The van der Waals surface area contributed by atoms with E-state index in [9.17, 15) is 22.8 Å². The predicted octanol–water partition coefficient (Wildman–Crippen LogP) is 4.56. The highest BCUT2D eigenvalue weighted by Gasteiger charge is 2.41. The zero-order valence-corrected chi connectivity index (χ0v) is 21.7. The molecule has 1 aliphatic carbocycles. The van der Waals surface area contributed by atoms with Crippen molar-refractivity contribution in [3.8, 4) is 0 Å². The van der Waals surface area contributed by atoms with Crippen LogP contribution in [0.5, 0.6) is 0 Å². The van der Waals surface area contributed by atoms with E-state index >= 15 is 0 Å². The third-order valence-electron chi connectivity index (χ3n) is 7.72. The molecule has 11 heteroatoms. The Morgan fingerprint density at radius 2 is 1.76 bits per heavy atom. The number of amides is 2. The van der Waals surface area contributed by atoms with Gasteiger partial charge in [0.05, 0.1) is 41.6 Å². The highest BCUT2D eigenvalue weighted by atomic mass is 35.5. The predicted molar refractivity (Wildman–Crippen MR) is 135 cm³/mol. The monoisotopic (exact) mass is 539 g/mol. The number of hydrogen-bond acceptors (Lipinski definition) is 4. The molecule has 37 heavy (non-hydrogen) atoms. The van der Waals surface area contributed by atoms with Crippen molar-refractivity contribution in [2.75, 3.05) is 33.2 Å². The molecule has 202 valence electrons. The first-order valence-corrected chi connectivity index (χ1v) is 12.8. The first kappa shape index (κ1) is 27.4. The molecule has 1 aromatic heterocycles. The fourth-order valence-electron chi connectivity index (χ4n) is 5.73. The van der Waals surface area contributed by atoms with Gasteiger partial charge in [-0.3, -0.25) is 19.2 Å². The molecule has 3 fully saturated rings. The van der Waals surface area contributed by atoms with Gasteiger partial charge in [-0.1, -0.05) is 18.2 Å². The lowest BCUT2D eigenvalue weighted by Gasteiger charge is -2.32. The smallest absolute Gasteiger partial charge is 0.358 e. The summed E-state index contributed by atoms with van der Waals surface area (Å²) in [5.41, 5.74) is 0.956. The van der Waals surface area contributed by atoms with Crippen molar-refractivity contribution in [3.63, 3.8) is 0 Å². The molecule has 2 amide bonds. The average Bonchev–Trinajstić information content (AvgIpc) is 3.41. The van der Waals surface area contributed by atoms with Crippen LogP contribution in [-0.4, -0.2) is 64.6 Å². The molecule has 0 bridgehead atoms. The summed E-state index contributed by atoms with van der Waals surface area (Å²) in [6.45, 7) is 2.35. The number of alkyl halides is 3. The van der Waals surface area contributed by atoms with Gasteiger partial charge in [-0.05, 0) is 50.2 Å². The van der Waals surface area contributed by atoms with Crippen molar-refractivity contribution in [1.82, 2.24) is 24.9 Å². The summed E-state index contributed by atoms with van der Waals surface area (Å²) in [5, 5.41) is 7.30. The highest BCUT2D eigenvalue weighted by Crippen LogP contribution is 2.45. The number of rotatable bonds is 6. The molecule has 1 aromatic carbocycles. The lowest BCUT2D eigenvalue weighted by Crippen LogP contribution is -2.41. The molecule has 3 heterocycles. The number of likely N-dealkylation sites (N-methyl/N-ethyl adjacent to an activating group) is 1. The second kappa shape index (κ2) is 11.0. The molecule has 2 aliphatic heterocycles. The number of hydrogen-bond donors (Lipinski definition) is 1. The Morgan fingerprint density at radius 1 is 1.05 bits per heavy atom. The Morgan fingerprint density at radius 3 is 2.41 bits per heavy atom. The van der Waals surface area contributed by atoms with Gasteiger partial charge in [-0.25, -0.2) is 0 Å². The van der Waals surface area contributed by atoms with Crippen LogP contribution >= 0.6 is 12.4 Å². The summed E-state index contributed by atoms with van der Waals surface area (Å²) in [4.78, 5) is 29.2. The van der Waals surface area contributed by atoms with Crippen LogP contribution in [0, 0.1) is 0 Å². The van der Waals surface area contributed by atoms with Gasteiger partial charge in [-0.15, -0.1) is 12.4 Å².